The van der Waals surface area contributed by atoms with Crippen LogP contribution in [0.3, 0.4) is 0 Å². The Kier molecular flexibility index (Phi) is 5.64. The van der Waals surface area contributed by atoms with Gasteiger partial charge in [-0.2, -0.15) is 0 Å². The predicted molar refractivity (Wildman–Crippen MR) is 86.1 cm³/mol. The fourth-order valence-corrected chi connectivity index (χ4v) is 2.69. The van der Waals surface area contributed by atoms with Crippen molar-refractivity contribution in [2.75, 3.05) is 20.2 Å². The predicted octanol–water partition coefficient (Wildman–Crippen LogP) is 3.68. The normalized spacial score (nSPS) is 12.0. The van der Waals surface area contributed by atoms with Crippen molar-refractivity contribution < 1.29 is 13.9 Å². The van der Waals surface area contributed by atoms with Crippen molar-refractivity contribution in [3.8, 4) is 5.75 Å². The van der Waals surface area contributed by atoms with E-state index in [2.05, 4.69) is 0 Å². The number of nitrogens with zero attached hydrogens (tertiary/aromatic N) is 1. The van der Waals surface area contributed by atoms with E-state index in [1.54, 1.807) is 13.4 Å². The molecule has 4 heteroatoms. The summed E-state index contributed by atoms with van der Waals surface area (Å²) in [7, 11) is 1.64. The van der Waals surface area contributed by atoms with Gasteiger partial charge in [-0.05, 0) is 32.0 Å². The first-order valence-corrected chi connectivity index (χ1v) is 7.65. The number of carbonyl (C=O) groups excluding carboxylic acids is 1. The number of hydrogen-bond acceptors (Lipinski definition) is 3. The number of para-hydroxylation sites is 1. The van der Waals surface area contributed by atoms with Gasteiger partial charge in [0.2, 0.25) is 5.91 Å². The van der Waals surface area contributed by atoms with Gasteiger partial charge in [0.15, 0.2) is 0 Å². The van der Waals surface area contributed by atoms with Crippen LogP contribution in [0.15, 0.2) is 47.1 Å². The largest absolute Gasteiger partial charge is 0.496 e. The molecule has 2 aromatic rings. The van der Waals surface area contributed by atoms with Gasteiger partial charge in [0.25, 0.3) is 0 Å². The van der Waals surface area contributed by atoms with E-state index < -0.39 is 0 Å². The van der Waals surface area contributed by atoms with Crippen molar-refractivity contribution in [2.24, 2.45) is 0 Å². The molecule has 1 amide bonds. The zero-order chi connectivity index (χ0) is 15.9. The van der Waals surface area contributed by atoms with Crippen LogP contribution in [-0.2, 0) is 4.79 Å². The Balaban J connectivity index is 2.34. The Morgan fingerprint density at radius 1 is 1.18 bits per heavy atom. The summed E-state index contributed by atoms with van der Waals surface area (Å²) in [5.74, 6) is 1.54. The molecule has 118 valence electrons. The molecule has 22 heavy (non-hydrogen) atoms. The second-order valence-corrected chi connectivity index (χ2v) is 5.08. The third-order valence-corrected chi connectivity index (χ3v) is 3.90. The number of carbonyl (C=O) groups is 1. The van der Waals surface area contributed by atoms with Crippen LogP contribution in [-0.4, -0.2) is 31.0 Å². The number of amides is 1. The summed E-state index contributed by atoms with van der Waals surface area (Å²) in [4.78, 5) is 14.4. The standard InChI is InChI=1S/C18H23NO3/c1-4-19(5-2)18(20)13-15(17-11-8-12-22-17)14-9-6-7-10-16(14)21-3/h6-12,15H,4-5,13H2,1-3H3/t15-/m1/s1. The molecule has 2 rings (SSSR count). The van der Waals surface area contributed by atoms with E-state index in [1.807, 2.05) is 55.1 Å². The zero-order valence-corrected chi connectivity index (χ0v) is 13.4. The van der Waals surface area contributed by atoms with Crippen LogP contribution < -0.4 is 4.74 Å². The van der Waals surface area contributed by atoms with Gasteiger partial charge in [0.05, 0.1) is 19.3 Å². The lowest BCUT2D eigenvalue weighted by molar-refractivity contribution is -0.131. The SMILES string of the molecule is CCN(CC)C(=O)C[C@@H](c1ccco1)c1ccccc1OC. The van der Waals surface area contributed by atoms with Crippen molar-refractivity contribution in [3.63, 3.8) is 0 Å². The third kappa shape index (κ3) is 3.50. The Labute approximate surface area is 131 Å². The van der Waals surface area contributed by atoms with E-state index in [1.165, 1.54) is 0 Å². The van der Waals surface area contributed by atoms with E-state index in [9.17, 15) is 4.79 Å². The average molecular weight is 301 g/mol. The van der Waals surface area contributed by atoms with Gasteiger partial charge in [-0.15, -0.1) is 0 Å². The van der Waals surface area contributed by atoms with Crippen LogP contribution in [0, 0.1) is 0 Å². The molecule has 1 aromatic heterocycles. The Bertz CT molecular complexity index is 588. The average Bonchev–Trinajstić information content (AvgIpc) is 3.08. The summed E-state index contributed by atoms with van der Waals surface area (Å²) >= 11 is 0. The lowest BCUT2D eigenvalue weighted by Gasteiger charge is -2.23. The Hall–Kier alpha value is -2.23. The minimum Gasteiger partial charge on any atom is -0.496 e. The lowest BCUT2D eigenvalue weighted by atomic mass is 9.91. The van der Waals surface area contributed by atoms with Crippen LogP contribution >= 0.6 is 0 Å². The van der Waals surface area contributed by atoms with Crippen molar-refractivity contribution in [1.29, 1.82) is 0 Å². The highest BCUT2D eigenvalue weighted by Gasteiger charge is 2.25. The Morgan fingerprint density at radius 2 is 1.91 bits per heavy atom. The molecular weight excluding hydrogens is 278 g/mol. The fourth-order valence-electron chi connectivity index (χ4n) is 2.69. The first kappa shape index (κ1) is 16.1. The number of benzene rings is 1. The molecule has 0 aliphatic carbocycles. The Morgan fingerprint density at radius 3 is 2.50 bits per heavy atom. The molecular formula is C18H23NO3. The maximum absolute atomic E-state index is 12.5. The van der Waals surface area contributed by atoms with E-state index in [-0.39, 0.29) is 11.8 Å². The molecule has 0 radical (unpaired) electrons. The highest BCUT2D eigenvalue weighted by molar-refractivity contribution is 5.77. The molecule has 0 bridgehead atoms. The van der Waals surface area contributed by atoms with Gasteiger partial charge in [-0.1, -0.05) is 18.2 Å². The second kappa shape index (κ2) is 7.69. The quantitative estimate of drug-likeness (QED) is 0.783. The molecule has 0 unspecified atom stereocenters. The topological polar surface area (TPSA) is 42.7 Å². The van der Waals surface area contributed by atoms with Crippen LogP contribution in [0.4, 0.5) is 0 Å². The van der Waals surface area contributed by atoms with Gasteiger partial charge in [-0.25, -0.2) is 0 Å². The van der Waals surface area contributed by atoms with E-state index >= 15 is 0 Å². The van der Waals surface area contributed by atoms with Crippen LogP contribution in [0.2, 0.25) is 0 Å². The number of furan rings is 1. The smallest absolute Gasteiger partial charge is 0.223 e. The van der Waals surface area contributed by atoms with E-state index in [0.717, 1.165) is 17.1 Å². The summed E-state index contributed by atoms with van der Waals surface area (Å²) in [6.45, 7) is 5.41. The van der Waals surface area contributed by atoms with Gasteiger partial charge >= 0.3 is 0 Å². The summed E-state index contributed by atoms with van der Waals surface area (Å²) in [5, 5.41) is 0. The van der Waals surface area contributed by atoms with Gasteiger partial charge in [0, 0.05) is 25.1 Å². The van der Waals surface area contributed by atoms with Gasteiger partial charge in [0.1, 0.15) is 11.5 Å². The first-order chi connectivity index (χ1) is 10.7. The summed E-state index contributed by atoms with van der Waals surface area (Å²) in [5.41, 5.74) is 0.973. The number of rotatable bonds is 7. The lowest BCUT2D eigenvalue weighted by Crippen LogP contribution is -2.31. The van der Waals surface area contributed by atoms with E-state index in [0.29, 0.717) is 19.5 Å². The maximum Gasteiger partial charge on any atom is 0.223 e. The van der Waals surface area contributed by atoms with Gasteiger partial charge in [-0.3, -0.25) is 4.79 Å². The van der Waals surface area contributed by atoms with Crippen LogP contribution in [0.1, 0.15) is 37.5 Å². The van der Waals surface area contributed by atoms with Crippen LogP contribution in [0.5, 0.6) is 5.75 Å². The monoisotopic (exact) mass is 301 g/mol. The van der Waals surface area contributed by atoms with E-state index in [4.69, 9.17) is 9.15 Å². The summed E-state index contributed by atoms with van der Waals surface area (Å²) < 4.78 is 11.0. The molecule has 0 N–H and O–H groups in total. The molecule has 1 atom stereocenters. The van der Waals surface area contributed by atoms with Crippen molar-refractivity contribution >= 4 is 5.91 Å². The zero-order valence-electron chi connectivity index (χ0n) is 13.4. The number of methoxy groups -OCH3 is 1. The molecule has 0 saturated carbocycles. The molecule has 4 nitrogen and oxygen atoms in total. The molecule has 0 spiro atoms. The second-order valence-electron chi connectivity index (χ2n) is 5.08. The first-order valence-electron chi connectivity index (χ1n) is 7.65. The number of hydrogen-bond donors (Lipinski definition) is 0. The summed E-state index contributed by atoms with van der Waals surface area (Å²) in [6, 6.07) is 11.5. The highest BCUT2D eigenvalue weighted by atomic mass is 16.5. The van der Waals surface area contributed by atoms with Crippen molar-refractivity contribution in [3.05, 3.63) is 54.0 Å². The minimum absolute atomic E-state index is 0.123. The van der Waals surface area contributed by atoms with Crippen molar-refractivity contribution in [1.82, 2.24) is 4.90 Å². The number of ether oxygens (including phenoxy) is 1. The highest BCUT2D eigenvalue weighted by Crippen LogP contribution is 2.34. The van der Waals surface area contributed by atoms with Gasteiger partial charge < -0.3 is 14.1 Å². The maximum atomic E-state index is 12.5. The molecule has 0 fully saturated rings. The summed E-state index contributed by atoms with van der Waals surface area (Å²) in [6.07, 6.45) is 2.01. The molecule has 0 aliphatic heterocycles. The minimum atomic E-state index is -0.140. The third-order valence-electron chi connectivity index (χ3n) is 3.90. The molecule has 0 saturated heterocycles. The fraction of sp³-hybridized carbons (Fsp3) is 0.389. The molecule has 1 aromatic carbocycles. The van der Waals surface area contributed by atoms with Crippen molar-refractivity contribution in [2.45, 2.75) is 26.2 Å². The molecule has 1 heterocycles. The molecule has 0 aliphatic rings. The van der Waals surface area contributed by atoms with Crippen LogP contribution in [0.25, 0.3) is 0 Å².